The van der Waals surface area contributed by atoms with Gasteiger partial charge in [0.15, 0.2) is 0 Å². The van der Waals surface area contributed by atoms with Crippen molar-refractivity contribution in [2.75, 3.05) is 44.2 Å². The summed E-state index contributed by atoms with van der Waals surface area (Å²) in [5.41, 5.74) is 3.48. The zero-order valence-electron chi connectivity index (χ0n) is 19.2. The van der Waals surface area contributed by atoms with E-state index in [-0.39, 0.29) is 11.8 Å². The smallest absolute Gasteiger partial charge is 0.253 e. The number of carbonyl (C=O) groups is 2. The van der Waals surface area contributed by atoms with E-state index in [0.29, 0.717) is 43.9 Å². The topological polar surface area (TPSA) is 69.9 Å². The second-order valence-electron chi connectivity index (χ2n) is 8.13. The number of hydrogen-bond acceptors (Lipinski definition) is 5. The molecule has 7 nitrogen and oxygen atoms in total. The molecule has 0 atom stereocenters. The van der Waals surface area contributed by atoms with Crippen LogP contribution in [0.1, 0.15) is 54.1 Å². The number of aryl methyl sites for hydroxylation is 2. The van der Waals surface area contributed by atoms with Crippen LogP contribution in [0.5, 0.6) is 0 Å². The number of aromatic nitrogens is 1. The van der Waals surface area contributed by atoms with Gasteiger partial charge in [0.2, 0.25) is 5.91 Å². The van der Waals surface area contributed by atoms with Crippen LogP contribution in [0, 0.1) is 13.8 Å². The van der Waals surface area contributed by atoms with Crippen LogP contribution in [-0.4, -0.2) is 66.0 Å². The molecule has 2 aromatic rings. The summed E-state index contributed by atoms with van der Waals surface area (Å²) >= 11 is 0. The number of rotatable bonds is 8. The van der Waals surface area contributed by atoms with Crippen molar-refractivity contribution < 1.29 is 14.1 Å². The van der Waals surface area contributed by atoms with E-state index >= 15 is 0 Å². The quantitative estimate of drug-likeness (QED) is 0.647. The Kier molecular flexibility index (Phi) is 7.71. The summed E-state index contributed by atoms with van der Waals surface area (Å²) in [6.45, 7) is 12.2. The van der Waals surface area contributed by atoms with E-state index in [9.17, 15) is 9.59 Å². The zero-order valence-corrected chi connectivity index (χ0v) is 19.2. The van der Waals surface area contributed by atoms with E-state index in [4.69, 9.17) is 4.52 Å². The number of amides is 2. The van der Waals surface area contributed by atoms with E-state index in [2.05, 4.69) is 23.9 Å². The molecule has 0 unspecified atom stereocenters. The van der Waals surface area contributed by atoms with E-state index < -0.39 is 0 Å². The molecule has 2 amide bonds. The summed E-state index contributed by atoms with van der Waals surface area (Å²) in [6, 6.07) is 7.91. The fraction of sp³-hybridized carbons (Fsp3) is 0.542. The molecule has 0 bridgehead atoms. The maximum absolute atomic E-state index is 12.9. The molecule has 1 aliphatic rings. The Bertz CT molecular complexity index is 863. The molecule has 0 N–H and O–H groups in total. The first-order valence-corrected chi connectivity index (χ1v) is 11.3. The third kappa shape index (κ3) is 5.46. The lowest BCUT2D eigenvalue weighted by Gasteiger charge is -2.35. The van der Waals surface area contributed by atoms with Gasteiger partial charge in [0.25, 0.3) is 5.91 Å². The number of benzene rings is 1. The maximum Gasteiger partial charge on any atom is 0.253 e. The largest absolute Gasteiger partial charge is 0.372 e. The highest BCUT2D eigenvalue weighted by Crippen LogP contribution is 2.19. The van der Waals surface area contributed by atoms with E-state index in [1.807, 2.05) is 47.9 Å². The molecule has 31 heavy (non-hydrogen) atoms. The minimum absolute atomic E-state index is 0.0287. The lowest BCUT2D eigenvalue weighted by atomic mass is 10.1. The standard InChI is InChI=1S/C24H34N4O3/c1-5-7-12-26(6-2)21-10-8-20(9-11-21)24(30)28-15-13-27(14-16-28)23(29)17-22-18(3)25-31-19(22)4/h8-11H,5-7,12-17H2,1-4H3. The average Bonchev–Trinajstić information content (AvgIpc) is 3.11. The van der Waals surface area contributed by atoms with Gasteiger partial charge in [0.1, 0.15) is 5.76 Å². The first-order chi connectivity index (χ1) is 14.9. The minimum atomic E-state index is 0.0287. The fourth-order valence-corrected chi connectivity index (χ4v) is 3.99. The Morgan fingerprint density at radius 3 is 2.23 bits per heavy atom. The Morgan fingerprint density at radius 1 is 1.03 bits per heavy atom. The Labute approximate surface area is 185 Å². The van der Waals surface area contributed by atoms with Gasteiger partial charge >= 0.3 is 0 Å². The zero-order chi connectivity index (χ0) is 22.4. The molecule has 1 aliphatic heterocycles. The molecule has 7 heteroatoms. The minimum Gasteiger partial charge on any atom is -0.372 e. The molecule has 1 fully saturated rings. The molecular weight excluding hydrogens is 392 g/mol. The SMILES string of the molecule is CCCCN(CC)c1ccc(C(=O)N2CCN(C(=O)Cc3c(C)noc3C)CC2)cc1. The predicted octanol–water partition coefficient (Wildman–Crippen LogP) is 3.44. The van der Waals surface area contributed by atoms with Gasteiger partial charge in [0, 0.05) is 56.1 Å². The lowest BCUT2D eigenvalue weighted by molar-refractivity contribution is -0.131. The van der Waals surface area contributed by atoms with Gasteiger partial charge in [-0.3, -0.25) is 9.59 Å². The fourth-order valence-electron chi connectivity index (χ4n) is 3.99. The monoisotopic (exact) mass is 426 g/mol. The first-order valence-electron chi connectivity index (χ1n) is 11.3. The molecular formula is C24H34N4O3. The summed E-state index contributed by atoms with van der Waals surface area (Å²) in [5, 5.41) is 3.92. The van der Waals surface area contributed by atoms with Crippen molar-refractivity contribution in [3.8, 4) is 0 Å². The van der Waals surface area contributed by atoms with Crippen LogP contribution in [-0.2, 0) is 11.2 Å². The van der Waals surface area contributed by atoms with Crippen LogP contribution in [0.2, 0.25) is 0 Å². The molecule has 1 aromatic carbocycles. The lowest BCUT2D eigenvalue weighted by Crippen LogP contribution is -2.51. The Balaban J connectivity index is 1.54. The summed E-state index contributed by atoms with van der Waals surface area (Å²) < 4.78 is 5.15. The van der Waals surface area contributed by atoms with Crippen LogP contribution in [0.15, 0.2) is 28.8 Å². The van der Waals surface area contributed by atoms with Gasteiger partial charge in [-0.1, -0.05) is 18.5 Å². The average molecular weight is 427 g/mol. The van der Waals surface area contributed by atoms with E-state index in [1.54, 1.807) is 0 Å². The van der Waals surface area contributed by atoms with Gasteiger partial charge in [-0.25, -0.2) is 0 Å². The third-order valence-electron chi connectivity index (χ3n) is 6.07. The molecule has 0 spiro atoms. The van der Waals surface area contributed by atoms with Gasteiger partial charge in [0.05, 0.1) is 12.1 Å². The maximum atomic E-state index is 12.9. The van der Waals surface area contributed by atoms with Crippen LogP contribution in [0.25, 0.3) is 0 Å². The normalized spacial score (nSPS) is 14.1. The van der Waals surface area contributed by atoms with Crippen molar-refractivity contribution in [1.29, 1.82) is 0 Å². The number of hydrogen-bond donors (Lipinski definition) is 0. The molecule has 168 valence electrons. The van der Waals surface area contributed by atoms with Crippen molar-refractivity contribution in [2.45, 2.75) is 47.0 Å². The Morgan fingerprint density at radius 2 is 1.68 bits per heavy atom. The van der Waals surface area contributed by atoms with Crippen molar-refractivity contribution in [2.24, 2.45) is 0 Å². The first kappa shape index (κ1) is 22.8. The van der Waals surface area contributed by atoms with Crippen molar-refractivity contribution in [3.05, 3.63) is 46.8 Å². The van der Waals surface area contributed by atoms with Crippen molar-refractivity contribution in [3.63, 3.8) is 0 Å². The van der Waals surface area contributed by atoms with Gasteiger partial charge in [-0.05, 0) is 51.5 Å². The number of nitrogens with zero attached hydrogens (tertiary/aromatic N) is 4. The number of anilines is 1. The number of piperazine rings is 1. The molecule has 3 rings (SSSR count). The predicted molar refractivity (Wildman–Crippen MR) is 121 cm³/mol. The number of carbonyl (C=O) groups excluding carboxylic acids is 2. The summed E-state index contributed by atoms with van der Waals surface area (Å²) in [7, 11) is 0. The third-order valence-corrected chi connectivity index (χ3v) is 6.07. The van der Waals surface area contributed by atoms with Gasteiger partial charge in [-0.15, -0.1) is 0 Å². The van der Waals surface area contributed by atoms with Crippen LogP contribution in [0.4, 0.5) is 5.69 Å². The second-order valence-corrected chi connectivity index (χ2v) is 8.13. The molecule has 1 saturated heterocycles. The summed E-state index contributed by atoms with van der Waals surface area (Å²) in [5.74, 6) is 0.776. The molecule has 0 aliphatic carbocycles. The number of unbranched alkanes of at least 4 members (excludes halogenated alkanes) is 1. The molecule has 0 radical (unpaired) electrons. The summed E-state index contributed by atoms with van der Waals surface area (Å²) in [6.07, 6.45) is 2.62. The van der Waals surface area contributed by atoms with E-state index in [1.165, 1.54) is 6.42 Å². The molecule has 1 aromatic heterocycles. The summed E-state index contributed by atoms with van der Waals surface area (Å²) in [4.78, 5) is 31.6. The van der Waals surface area contributed by atoms with Crippen LogP contribution < -0.4 is 4.90 Å². The Hall–Kier alpha value is -2.83. The highest BCUT2D eigenvalue weighted by Gasteiger charge is 2.26. The molecule has 2 heterocycles. The molecule has 0 saturated carbocycles. The van der Waals surface area contributed by atoms with E-state index in [0.717, 1.165) is 36.5 Å². The van der Waals surface area contributed by atoms with Crippen molar-refractivity contribution in [1.82, 2.24) is 15.0 Å². The second kappa shape index (κ2) is 10.5. The van der Waals surface area contributed by atoms with Crippen LogP contribution in [0.3, 0.4) is 0 Å². The van der Waals surface area contributed by atoms with Gasteiger partial charge < -0.3 is 19.2 Å². The highest BCUT2D eigenvalue weighted by molar-refractivity contribution is 5.94. The van der Waals surface area contributed by atoms with Crippen molar-refractivity contribution >= 4 is 17.5 Å². The van der Waals surface area contributed by atoms with Gasteiger partial charge in [-0.2, -0.15) is 0 Å². The highest BCUT2D eigenvalue weighted by atomic mass is 16.5. The van der Waals surface area contributed by atoms with Crippen LogP contribution >= 0.6 is 0 Å².